The second-order valence-corrected chi connectivity index (χ2v) is 15.1. The number of benzene rings is 1. The average molecular weight is 699 g/mol. The summed E-state index contributed by atoms with van der Waals surface area (Å²) in [5.74, 6) is -1.82. The van der Waals surface area contributed by atoms with Crippen LogP contribution < -0.4 is 26.4 Å². The normalized spacial score (nSPS) is 14.5. The van der Waals surface area contributed by atoms with Crippen molar-refractivity contribution in [2.75, 3.05) is 32.2 Å². The third-order valence-corrected chi connectivity index (χ3v) is 8.32. The van der Waals surface area contributed by atoms with Crippen LogP contribution in [0.3, 0.4) is 0 Å². The Morgan fingerprint density at radius 2 is 1.62 bits per heavy atom. The smallest absolute Gasteiger partial charge is 0.407 e. The van der Waals surface area contributed by atoms with Gasteiger partial charge in [0.2, 0.25) is 17.7 Å². The lowest BCUT2D eigenvalue weighted by Gasteiger charge is -2.33. The number of aliphatic hydroxyl groups is 1. The molecule has 0 spiro atoms. The summed E-state index contributed by atoms with van der Waals surface area (Å²) < 4.78 is 16.4. The number of methoxy groups -OCH3 is 1. The van der Waals surface area contributed by atoms with Gasteiger partial charge in [0.1, 0.15) is 11.4 Å². The number of nitrogens with one attached hydrogen (secondary N) is 3. The number of nitrogens with two attached hydrogens (primary N) is 1. The first-order valence-electron chi connectivity index (χ1n) is 16.6. The van der Waals surface area contributed by atoms with Crippen LogP contribution in [0.1, 0.15) is 88.0 Å². The van der Waals surface area contributed by atoms with E-state index < -0.39 is 41.1 Å². The van der Waals surface area contributed by atoms with E-state index in [0.29, 0.717) is 36.1 Å². The van der Waals surface area contributed by atoms with E-state index >= 15 is 0 Å². The molecule has 0 saturated carbocycles. The van der Waals surface area contributed by atoms with Gasteiger partial charge in [-0.1, -0.05) is 39.3 Å². The number of hydrogen-bond donors (Lipinski definition) is 5. The van der Waals surface area contributed by atoms with E-state index in [-0.39, 0.29) is 55.4 Å². The summed E-state index contributed by atoms with van der Waals surface area (Å²) in [5, 5.41) is 20.5. The van der Waals surface area contributed by atoms with Crippen molar-refractivity contribution in [2.45, 2.75) is 106 Å². The Kier molecular flexibility index (Phi) is 17.7. The van der Waals surface area contributed by atoms with Crippen LogP contribution in [0.2, 0.25) is 5.02 Å². The maximum atomic E-state index is 13.4. The Morgan fingerprint density at radius 3 is 2.17 bits per heavy atom. The van der Waals surface area contributed by atoms with Gasteiger partial charge in [-0.15, -0.1) is 0 Å². The molecule has 0 aliphatic carbocycles. The summed E-state index contributed by atoms with van der Waals surface area (Å²) in [7, 11) is 1.61. The standard InChI is InChI=1S/C35H59ClN4O8/c1-21(2)23(17-30(42)39-27-18-24(36)12-13-29(27)47-15-11-14-46-10)16-26(40-33(45)48-34(5,6)7)28(41)19-25(22(3)4)31(43)38-20-35(8,9)32(37)44/h12-13,18,21-23,25-26,28,41H,11,14-17,19-20H2,1-10H3,(H2,37,44)(H,38,43)(H,39,42)(H,40,45)/t23-,25+,26+,28+/m1/s1. The number of halogens is 1. The molecule has 0 unspecified atom stereocenters. The molecule has 0 aliphatic rings. The van der Waals surface area contributed by atoms with Gasteiger partial charge in [-0.05, 0) is 83.4 Å². The molecular weight excluding hydrogens is 640 g/mol. The number of rotatable bonds is 20. The molecule has 0 fully saturated rings. The lowest BCUT2D eigenvalue weighted by Crippen LogP contribution is -2.49. The molecule has 1 aromatic carbocycles. The molecule has 0 aliphatic heterocycles. The van der Waals surface area contributed by atoms with E-state index in [1.165, 1.54) is 0 Å². The number of aliphatic hydroxyl groups excluding tert-OH is 1. The van der Waals surface area contributed by atoms with E-state index in [2.05, 4.69) is 16.0 Å². The molecule has 0 aromatic heterocycles. The zero-order chi connectivity index (χ0) is 36.8. The van der Waals surface area contributed by atoms with Crippen molar-refractivity contribution in [1.29, 1.82) is 0 Å². The van der Waals surface area contributed by atoms with E-state index in [0.717, 1.165) is 0 Å². The minimum Gasteiger partial charge on any atom is -0.491 e. The average Bonchev–Trinajstić information content (AvgIpc) is 2.95. The van der Waals surface area contributed by atoms with Crippen LogP contribution in [0, 0.1) is 29.1 Å². The Morgan fingerprint density at radius 1 is 0.979 bits per heavy atom. The molecule has 48 heavy (non-hydrogen) atoms. The largest absolute Gasteiger partial charge is 0.491 e. The van der Waals surface area contributed by atoms with Crippen LogP contribution in [-0.4, -0.2) is 73.5 Å². The number of carbonyl (C=O) groups excluding carboxylic acids is 4. The molecule has 4 amide bonds. The van der Waals surface area contributed by atoms with Crippen molar-refractivity contribution >= 4 is 41.1 Å². The van der Waals surface area contributed by atoms with Gasteiger partial charge >= 0.3 is 6.09 Å². The third kappa shape index (κ3) is 15.9. The van der Waals surface area contributed by atoms with Crippen molar-refractivity contribution in [2.24, 2.45) is 34.8 Å². The minimum absolute atomic E-state index is 0.0181. The Hall–Kier alpha value is -3.09. The fourth-order valence-electron chi connectivity index (χ4n) is 4.87. The molecule has 1 rings (SSSR count). The van der Waals surface area contributed by atoms with E-state index in [4.69, 9.17) is 31.5 Å². The first-order valence-corrected chi connectivity index (χ1v) is 17.0. The highest BCUT2D eigenvalue weighted by molar-refractivity contribution is 6.31. The predicted octanol–water partition coefficient (Wildman–Crippen LogP) is 5.29. The molecule has 1 aromatic rings. The Bertz CT molecular complexity index is 1200. The number of primary amides is 1. The lowest BCUT2D eigenvalue weighted by molar-refractivity contribution is -0.130. The fraction of sp³-hybridized carbons (Fsp3) is 0.714. The molecule has 0 heterocycles. The number of anilines is 1. The van der Waals surface area contributed by atoms with Crippen molar-refractivity contribution in [3.8, 4) is 5.75 Å². The minimum atomic E-state index is -1.16. The Balaban J connectivity index is 3.21. The molecule has 6 N–H and O–H groups in total. The number of amides is 4. The molecule has 12 nitrogen and oxygen atoms in total. The van der Waals surface area contributed by atoms with Gasteiger partial charge in [0.25, 0.3) is 0 Å². The van der Waals surface area contributed by atoms with Crippen LogP contribution in [0.5, 0.6) is 5.75 Å². The van der Waals surface area contributed by atoms with Crippen LogP contribution in [0.25, 0.3) is 0 Å². The first kappa shape index (κ1) is 42.9. The van der Waals surface area contributed by atoms with Crippen molar-refractivity contribution in [3.63, 3.8) is 0 Å². The SMILES string of the molecule is COCCCOc1ccc(Cl)cc1NC(=O)C[C@@H](C[C@H](NC(=O)OC(C)(C)C)[C@@H](O)C[C@H](C(=O)NCC(C)(C)C(N)=O)C(C)C)C(C)C. The molecule has 0 radical (unpaired) electrons. The second-order valence-electron chi connectivity index (χ2n) is 14.7. The number of hydrogen-bond acceptors (Lipinski definition) is 8. The highest BCUT2D eigenvalue weighted by Gasteiger charge is 2.35. The highest BCUT2D eigenvalue weighted by Crippen LogP contribution is 2.31. The second kappa shape index (κ2) is 19.8. The molecule has 4 atom stereocenters. The summed E-state index contributed by atoms with van der Waals surface area (Å²) in [6.45, 7) is 17.1. The van der Waals surface area contributed by atoms with Crippen molar-refractivity contribution < 1.29 is 38.5 Å². The monoisotopic (exact) mass is 698 g/mol. The van der Waals surface area contributed by atoms with Crippen LogP contribution in [-0.2, 0) is 23.9 Å². The first-order chi connectivity index (χ1) is 22.2. The molecule has 274 valence electrons. The van der Waals surface area contributed by atoms with Crippen LogP contribution >= 0.6 is 11.6 Å². The summed E-state index contributed by atoms with van der Waals surface area (Å²) >= 11 is 6.22. The summed E-state index contributed by atoms with van der Waals surface area (Å²) in [6, 6.07) is 4.14. The number of alkyl carbamates (subject to hydrolysis) is 1. The van der Waals surface area contributed by atoms with Crippen LogP contribution in [0.15, 0.2) is 18.2 Å². The maximum absolute atomic E-state index is 13.4. The van der Waals surface area contributed by atoms with Gasteiger partial charge < -0.3 is 41.0 Å². The van der Waals surface area contributed by atoms with E-state index in [1.807, 2.05) is 27.7 Å². The number of ether oxygens (including phenoxy) is 3. The summed E-state index contributed by atoms with van der Waals surface area (Å²) in [4.78, 5) is 51.4. The molecule has 0 bridgehead atoms. The quantitative estimate of drug-likeness (QED) is 0.114. The van der Waals surface area contributed by atoms with Crippen LogP contribution in [0.4, 0.5) is 10.5 Å². The van der Waals surface area contributed by atoms with Crippen molar-refractivity contribution in [1.82, 2.24) is 10.6 Å². The van der Waals surface area contributed by atoms with Gasteiger partial charge in [0.05, 0.1) is 29.9 Å². The summed E-state index contributed by atoms with van der Waals surface area (Å²) in [5.41, 5.74) is 4.16. The Labute approximate surface area is 291 Å². The van der Waals surface area contributed by atoms with Gasteiger partial charge in [0.15, 0.2) is 0 Å². The van der Waals surface area contributed by atoms with Crippen molar-refractivity contribution in [3.05, 3.63) is 23.2 Å². The molecule has 13 heteroatoms. The molecule has 0 saturated heterocycles. The summed E-state index contributed by atoms with van der Waals surface area (Å²) in [6.07, 6.45) is -0.901. The molecular formula is C35H59ClN4O8. The van der Waals surface area contributed by atoms with Gasteiger partial charge in [-0.25, -0.2) is 4.79 Å². The lowest BCUT2D eigenvalue weighted by atomic mass is 9.81. The number of carbonyl (C=O) groups is 4. The fourth-order valence-corrected chi connectivity index (χ4v) is 5.04. The van der Waals surface area contributed by atoms with Gasteiger partial charge in [0, 0.05) is 44.0 Å². The van der Waals surface area contributed by atoms with Gasteiger partial charge in [-0.3, -0.25) is 14.4 Å². The zero-order valence-corrected chi connectivity index (χ0v) is 31.2. The van der Waals surface area contributed by atoms with Gasteiger partial charge in [-0.2, -0.15) is 0 Å². The zero-order valence-electron chi connectivity index (χ0n) is 30.4. The predicted molar refractivity (Wildman–Crippen MR) is 188 cm³/mol. The van der Waals surface area contributed by atoms with E-state index in [1.54, 1.807) is 59.9 Å². The maximum Gasteiger partial charge on any atom is 0.407 e. The third-order valence-electron chi connectivity index (χ3n) is 8.09. The highest BCUT2D eigenvalue weighted by atomic mass is 35.5. The van der Waals surface area contributed by atoms with E-state index in [9.17, 15) is 24.3 Å². The topological polar surface area (TPSA) is 178 Å².